The summed E-state index contributed by atoms with van der Waals surface area (Å²) in [5.74, 6) is -0.0852. The number of nitrogens with zero attached hydrogens (tertiary/aromatic N) is 2. The van der Waals surface area contributed by atoms with Gasteiger partial charge in [-0.15, -0.1) is 0 Å². The summed E-state index contributed by atoms with van der Waals surface area (Å²) < 4.78 is 27.1. The van der Waals surface area contributed by atoms with E-state index in [0.717, 1.165) is 25.1 Å². The Balaban J connectivity index is 1.52. The normalized spacial score (nSPS) is 16.6. The summed E-state index contributed by atoms with van der Waals surface area (Å²) in [4.78, 5) is 15.3. The highest BCUT2D eigenvalue weighted by atomic mass is 32.2. The first-order chi connectivity index (χ1) is 15.9. The molecule has 6 nitrogen and oxygen atoms in total. The van der Waals surface area contributed by atoms with E-state index in [9.17, 15) is 13.2 Å². The summed E-state index contributed by atoms with van der Waals surface area (Å²) in [5.41, 5.74) is 2.05. The van der Waals surface area contributed by atoms with Crippen LogP contribution < -0.4 is 5.32 Å². The predicted octanol–water partition coefficient (Wildman–Crippen LogP) is 3.30. The topological polar surface area (TPSA) is 69.7 Å². The first kappa shape index (κ1) is 25.4. The lowest BCUT2D eigenvalue weighted by atomic mass is 9.97. The molecule has 0 aromatic heterocycles. The van der Waals surface area contributed by atoms with Gasteiger partial charge in [-0.2, -0.15) is 0 Å². The van der Waals surface area contributed by atoms with Gasteiger partial charge in [-0.1, -0.05) is 74.5 Å². The Morgan fingerprint density at radius 2 is 1.52 bits per heavy atom. The first-order valence-electron chi connectivity index (χ1n) is 12.0. The number of nitrogens with one attached hydrogen (secondary N) is 1. The number of likely N-dealkylation sites (N-methyl/N-ethyl adjacent to an activating group) is 1. The summed E-state index contributed by atoms with van der Waals surface area (Å²) in [7, 11) is -3.37. The fraction of sp³-hybridized carbons (Fsp3) is 0.500. The quantitative estimate of drug-likeness (QED) is 0.546. The van der Waals surface area contributed by atoms with Crippen molar-refractivity contribution in [3.8, 4) is 0 Å². The zero-order valence-electron chi connectivity index (χ0n) is 19.8. The molecule has 1 N–H and O–H groups in total. The molecule has 1 amide bonds. The molecular formula is C26H37N3O3S. The molecule has 1 saturated heterocycles. The Morgan fingerprint density at radius 1 is 0.970 bits per heavy atom. The van der Waals surface area contributed by atoms with Crippen LogP contribution in [-0.2, 0) is 27.0 Å². The van der Waals surface area contributed by atoms with E-state index < -0.39 is 10.0 Å². The zero-order valence-corrected chi connectivity index (χ0v) is 20.6. The minimum Gasteiger partial charge on any atom is -0.354 e. The maximum Gasteiger partial charge on any atom is 0.223 e. The Kier molecular flexibility index (Phi) is 9.47. The number of hydrogen-bond donors (Lipinski definition) is 1. The fourth-order valence-corrected chi connectivity index (χ4v) is 6.16. The SMILES string of the molecule is CCN(CC)C(CNC(=O)C1CCN(S(=O)(=O)Cc2ccccc2)CC1)Cc1ccccc1. The Bertz CT molecular complexity index is 955. The standard InChI is InChI=1S/C26H37N3O3S/c1-3-28(4-2)25(19-22-11-7-5-8-12-22)20-27-26(30)24-15-17-29(18-16-24)33(31,32)21-23-13-9-6-10-14-23/h5-14,24-25H,3-4,15-21H2,1-2H3,(H,27,30). The maximum atomic E-state index is 12.9. The summed E-state index contributed by atoms with van der Waals surface area (Å²) in [6.07, 6.45) is 2.02. The number of carbonyl (C=O) groups is 1. The van der Waals surface area contributed by atoms with Crippen LogP contribution >= 0.6 is 0 Å². The van der Waals surface area contributed by atoms with Crippen molar-refractivity contribution in [2.24, 2.45) is 5.92 Å². The molecule has 0 bridgehead atoms. The maximum absolute atomic E-state index is 12.9. The number of hydrogen-bond acceptors (Lipinski definition) is 4. The average Bonchev–Trinajstić information content (AvgIpc) is 2.84. The first-order valence-corrected chi connectivity index (χ1v) is 13.6. The van der Waals surface area contributed by atoms with Crippen molar-refractivity contribution in [3.63, 3.8) is 0 Å². The summed E-state index contributed by atoms with van der Waals surface area (Å²) in [6.45, 7) is 7.56. The van der Waals surface area contributed by atoms with Gasteiger partial charge in [-0.05, 0) is 43.5 Å². The second-order valence-electron chi connectivity index (χ2n) is 8.73. The van der Waals surface area contributed by atoms with Crippen molar-refractivity contribution >= 4 is 15.9 Å². The molecule has 1 heterocycles. The van der Waals surface area contributed by atoms with E-state index in [1.54, 1.807) is 0 Å². The number of piperidine rings is 1. The van der Waals surface area contributed by atoms with Crippen LogP contribution in [0.4, 0.5) is 0 Å². The molecule has 0 radical (unpaired) electrons. The van der Waals surface area contributed by atoms with Crippen molar-refractivity contribution in [2.45, 2.75) is 44.9 Å². The van der Waals surface area contributed by atoms with E-state index in [1.165, 1.54) is 9.87 Å². The van der Waals surface area contributed by atoms with Crippen LogP contribution in [0.5, 0.6) is 0 Å². The largest absolute Gasteiger partial charge is 0.354 e. The summed E-state index contributed by atoms with van der Waals surface area (Å²) >= 11 is 0. The minimum absolute atomic E-state index is 0.00966. The monoisotopic (exact) mass is 471 g/mol. The van der Waals surface area contributed by atoms with E-state index in [1.807, 2.05) is 48.5 Å². The number of rotatable bonds is 11. The minimum atomic E-state index is -3.37. The molecule has 33 heavy (non-hydrogen) atoms. The van der Waals surface area contributed by atoms with Crippen LogP contribution in [0.2, 0.25) is 0 Å². The lowest BCUT2D eigenvalue weighted by Gasteiger charge is -2.33. The van der Waals surface area contributed by atoms with Crippen molar-refractivity contribution in [2.75, 3.05) is 32.7 Å². The third-order valence-corrected chi connectivity index (χ3v) is 8.41. The Hall–Kier alpha value is -2.22. The molecule has 1 atom stereocenters. The van der Waals surface area contributed by atoms with Gasteiger partial charge in [0, 0.05) is 31.6 Å². The van der Waals surface area contributed by atoms with Crippen LogP contribution in [0.15, 0.2) is 60.7 Å². The van der Waals surface area contributed by atoms with Gasteiger partial charge in [0.25, 0.3) is 0 Å². The molecule has 0 aliphatic carbocycles. The van der Waals surface area contributed by atoms with E-state index in [4.69, 9.17) is 0 Å². The molecule has 180 valence electrons. The van der Waals surface area contributed by atoms with Crippen LogP contribution in [0.3, 0.4) is 0 Å². The van der Waals surface area contributed by atoms with Crippen LogP contribution in [0.1, 0.15) is 37.8 Å². The summed E-state index contributed by atoms with van der Waals surface area (Å²) in [5, 5.41) is 3.17. The molecule has 1 unspecified atom stereocenters. The van der Waals surface area contributed by atoms with Crippen LogP contribution in [0, 0.1) is 5.92 Å². The average molecular weight is 472 g/mol. The zero-order chi connectivity index (χ0) is 23.7. The fourth-order valence-electron chi connectivity index (χ4n) is 4.59. The molecular weight excluding hydrogens is 434 g/mol. The lowest BCUT2D eigenvalue weighted by molar-refractivity contribution is -0.126. The van der Waals surface area contributed by atoms with Crippen LogP contribution in [-0.4, -0.2) is 62.3 Å². The van der Waals surface area contributed by atoms with Gasteiger partial charge in [-0.3, -0.25) is 9.69 Å². The number of carbonyl (C=O) groups excluding carboxylic acids is 1. The van der Waals surface area contributed by atoms with E-state index in [-0.39, 0.29) is 23.6 Å². The number of amides is 1. The second kappa shape index (κ2) is 12.3. The van der Waals surface area contributed by atoms with Crippen molar-refractivity contribution in [3.05, 3.63) is 71.8 Å². The van der Waals surface area contributed by atoms with Crippen LogP contribution in [0.25, 0.3) is 0 Å². The van der Waals surface area contributed by atoms with E-state index in [0.29, 0.717) is 32.5 Å². The van der Waals surface area contributed by atoms with Gasteiger partial charge in [-0.25, -0.2) is 12.7 Å². The van der Waals surface area contributed by atoms with Gasteiger partial charge in [0.1, 0.15) is 0 Å². The highest BCUT2D eigenvalue weighted by molar-refractivity contribution is 7.88. The van der Waals surface area contributed by atoms with Crippen molar-refractivity contribution in [1.82, 2.24) is 14.5 Å². The van der Waals surface area contributed by atoms with Crippen molar-refractivity contribution < 1.29 is 13.2 Å². The van der Waals surface area contributed by atoms with Gasteiger partial charge >= 0.3 is 0 Å². The molecule has 0 spiro atoms. The van der Waals surface area contributed by atoms with E-state index >= 15 is 0 Å². The summed E-state index contributed by atoms with van der Waals surface area (Å²) in [6, 6.07) is 19.9. The molecule has 1 fully saturated rings. The third kappa shape index (κ3) is 7.39. The number of sulfonamides is 1. The van der Waals surface area contributed by atoms with Gasteiger partial charge in [0.15, 0.2) is 0 Å². The van der Waals surface area contributed by atoms with Gasteiger partial charge in [0.05, 0.1) is 5.75 Å². The Morgan fingerprint density at radius 3 is 2.06 bits per heavy atom. The molecule has 0 saturated carbocycles. The molecule has 7 heteroatoms. The predicted molar refractivity (Wildman–Crippen MR) is 133 cm³/mol. The van der Waals surface area contributed by atoms with Crippen molar-refractivity contribution in [1.29, 1.82) is 0 Å². The molecule has 2 aromatic rings. The smallest absolute Gasteiger partial charge is 0.223 e. The van der Waals surface area contributed by atoms with E-state index in [2.05, 4.69) is 36.2 Å². The lowest BCUT2D eigenvalue weighted by Crippen LogP contribution is -2.48. The Labute approximate surface area is 199 Å². The van der Waals surface area contributed by atoms with Gasteiger partial charge < -0.3 is 5.32 Å². The highest BCUT2D eigenvalue weighted by Crippen LogP contribution is 2.22. The second-order valence-corrected chi connectivity index (χ2v) is 10.7. The van der Waals surface area contributed by atoms with Gasteiger partial charge in [0.2, 0.25) is 15.9 Å². The highest BCUT2D eigenvalue weighted by Gasteiger charge is 2.31. The molecule has 2 aromatic carbocycles. The molecule has 1 aliphatic heterocycles. The molecule has 1 aliphatic rings. The third-order valence-electron chi connectivity index (χ3n) is 6.56. The molecule has 3 rings (SSSR count). The number of benzene rings is 2.